The summed E-state index contributed by atoms with van der Waals surface area (Å²) < 4.78 is 68.4. The Hall–Kier alpha value is -2.44. The number of imidazole rings is 1. The molecule has 0 radical (unpaired) electrons. The summed E-state index contributed by atoms with van der Waals surface area (Å²) in [5.74, 6) is 1.01. The van der Waals surface area contributed by atoms with Gasteiger partial charge in [0.1, 0.15) is 11.3 Å². The number of hydrogen-bond donors (Lipinski definition) is 1. The number of alkyl halides is 3. The molecule has 0 fully saturated rings. The molecule has 2 heterocycles. The van der Waals surface area contributed by atoms with Crippen LogP contribution in [-0.2, 0) is 27.7 Å². The summed E-state index contributed by atoms with van der Waals surface area (Å²) in [4.78, 5) is 9.02. The SMILES string of the molecule is COCCc1nc2c(N)nc3ccccc3c2n1CCCCN(C)S(=O)(=O)C(F)(F)F. The summed E-state index contributed by atoms with van der Waals surface area (Å²) in [7, 11) is -2.82. The topological polar surface area (TPSA) is 103 Å². The Bertz CT molecular complexity index is 1180. The number of aromatic nitrogens is 3. The van der Waals surface area contributed by atoms with Crippen molar-refractivity contribution in [1.82, 2.24) is 18.8 Å². The maximum absolute atomic E-state index is 12.7. The largest absolute Gasteiger partial charge is 0.511 e. The van der Waals surface area contributed by atoms with E-state index in [0.717, 1.165) is 23.8 Å². The van der Waals surface area contributed by atoms with E-state index in [4.69, 9.17) is 10.5 Å². The molecule has 12 heteroatoms. The van der Waals surface area contributed by atoms with Gasteiger partial charge in [0.25, 0.3) is 0 Å². The third-order valence-corrected chi connectivity index (χ3v) is 6.61. The van der Waals surface area contributed by atoms with Crippen molar-refractivity contribution in [2.75, 3.05) is 33.0 Å². The lowest BCUT2D eigenvalue weighted by atomic mass is 10.2. The van der Waals surface area contributed by atoms with Crippen molar-refractivity contribution in [1.29, 1.82) is 0 Å². The molecule has 0 saturated carbocycles. The first kappa shape index (κ1) is 23.2. The number of nitrogen functional groups attached to an aromatic ring is 1. The van der Waals surface area contributed by atoms with E-state index in [1.54, 1.807) is 7.11 Å². The second-order valence-electron chi connectivity index (χ2n) is 7.11. The van der Waals surface area contributed by atoms with Crippen LogP contribution in [0, 0.1) is 0 Å². The quantitative estimate of drug-likeness (QED) is 0.494. The molecule has 0 aliphatic carbocycles. The number of para-hydroxylation sites is 1. The number of hydrogen-bond acceptors (Lipinski definition) is 6. The normalized spacial score (nSPS) is 13.0. The summed E-state index contributed by atoms with van der Waals surface area (Å²) in [5, 5.41) is 0.861. The van der Waals surface area contributed by atoms with Gasteiger partial charge in [0, 0.05) is 39.1 Å². The molecule has 0 saturated heterocycles. The van der Waals surface area contributed by atoms with Gasteiger partial charge in [0.15, 0.2) is 5.82 Å². The number of ether oxygens (including phenoxy) is 1. The number of nitrogens with two attached hydrogens (primary N) is 1. The molecule has 8 nitrogen and oxygen atoms in total. The van der Waals surface area contributed by atoms with Crippen molar-refractivity contribution in [3.63, 3.8) is 0 Å². The average Bonchev–Trinajstić information content (AvgIpc) is 3.08. The van der Waals surface area contributed by atoms with Crippen LogP contribution < -0.4 is 5.73 Å². The van der Waals surface area contributed by atoms with Gasteiger partial charge >= 0.3 is 15.5 Å². The van der Waals surface area contributed by atoms with Gasteiger partial charge in [-0.2, -0.15) is 17.5 Å². The maximum atomic E-state index is 12.7. The van der Waals surface area contributed by atoms with Crippen LogP contribution in [0.2, 0.25) is 0 Å². The number of benzene rings is 1. The fraction of sp³-hybridized carbons (Fsp3) is 0.474. The van der Waals surface area contributed by atoms with Crippen molar-refractivity contribution in [2.24, 2.45) is 0 Å². The molecule has 2 aromatic heterocycles. The molecule has 1 aromatic carbocycles. The zero-order valence-electron chi connectivity index (χ0n) is 17.2. The highest BCUT2D eigenvalue weighted by molar-refractivity contribution is 7.89. The summed E-state index contributed by atoms with van der Waals surface area (Å²) in [6.45, 7) is 0.621. The van der Waals surface area contributed by atoms with Gasteiger partial charge in [0.2, 0.25) is 0 Å². The number of pyridine rings is 1. The van der Waals surface area contributed by atoms with Crippen LogP contribution in [0.25, 0.3) is 21.9 Å². The van der Waals surface area contributed by atoms with E-state index in [9.17, 15) is 21.6 Å². The molecule has 0 unspecified atom stereocenters. The Morgan fingerprint density at radius 3 is 2.58 bits per heavy atom. The standard InChI is InChI=1S/C19H24F3N5O3S/c1-26(31(28,29)19(20,21)22)10-5-6-11-27-15(9-12-30-2)25-16-17(27)13-7-3-4-8-14(13)24-18(16)23/h3-4,7-8H,5-6,9-12H2,1-2H3,(H2,23,24). The van der Waals surface area contributed by atoms with Crippen LogP contribution in [0.5, 0.6) is 0 Å². The summed E-state index contributed by atoms with van der Waals surface area (Å²) in [6, 6.07) is 7.48. The van der Waals surface area contributed by atoms with E-state index >= 15 is 0 Å². The van der Waals surface area contributed by atoms with Crippen molar-refractivity contribution in [3.8, 4) is 0 Å². The first-order valence-corrected chi connectivity index (χ1v) is 11.1. The molecular weight excluding hydrogens is 435 g/mol. The Labute approximate surface area is 177 Å². The number of aryl methyl sites for hydroxylation is 1. The van der Waals surface area contributed by atoms with Crippen LogP contribution in [0.1, 0.15) is 18.7 Å². The third-order valence-electron chi connectivity index (χ3n) is 5.03. The smallest absolute Gasteiger partial charge is 0.384 e. The number of anilines is 1. The van der Waals surface area contributed by atoms with Crippen molar-refractivity contribution in [2.45, 2.75) is 31.3 Å². The van der Waals surface area contributed by atoms with Crippen LogP contribution in [0.15, 0.2) is 24.3 Å². The predicted octanol–water partition coefficient (Wildman–Crippen LogP) is 2.92. The minimum atomic E-state index is -5.33. The molecule has 0 aliphatic heterocycles. The molecule has 31 heavy (non-hydrogen) atoms. The molecule has 0 aliphatic rings. The molecule has 2 N–H and O–H groups in total. The number of halogens is 3. The van der Waals surface area contributed by atoms with E-state index in [2.05, 4.69) is 9.97 Å². The fourth-order valence-corrected chi connectivity index (χ4v) is 4.15. The lowest BCUT2D eigenvalue weighted by Gasteiger charge is -2.18. The number of sulfonamides is 1. The molecule has 3 rings (SSSR count). The van der Waals surface area contributed by atoms with E-state index in [1.165, 1.54) is 0 Å². The van der Waals surface area contributed by atoms with Gasteiger partial charge < -0.3 is 15.0 Å². The van der Waals surface area contributed by atoms with Gasteiger partial charge in [-0.1, -0.05) is 18.2 Å². The molecule has 0 bridgehead atoms. The number of unbranched alkanes of at least 4 members (excludes halogenated alkanes) is 1. The van der Waals surface area contributed by atoms with Crippen molar-refractivity contribution < 1.29 is 26.3 Å². The first-order valence-electron chi connectivity index (χ1n) is 9.62. The fourth-order valence-electron chi connectivity index (χ4n) is 3.43. The van der Waals surface area contributed by atoms with Crippen LogP contribution in [0.4, 0.5) is 19.0 Å². The molecule has 0 spiro atoms. The molecule has 170 valence electrons. The third kappa shape index (κ3) is 4.60. The number of nitrogens with zero attached hydrogens (tertiary/aromatic N) is 4. The van der Waals surface area contributed by atoms with Gasteiger partial charge in [-0.05, 0) is 18.9 Å². The summed E-state index contributed by atoms with van der Waals surface area (Å²) >= 11 is 0. The monoisotopic (exact) mass is 459 g/mol. The van der Waals surface area contributed by atoms with Gasteiger partial charge in [-0.15, -0.1) is 0 Å². The average molecular weight is 459 g/mol. The van der Waals surface area contributed by atoms with Crippen molar-refractivity contribution >= 4 is 37.8 Å². The van der Waals surface area contributed by atoms with E-state index in [0.29, 0.717) is 47.1 Å². The zero-order chi connectivity index (χ0) is 22.8. The zero-order valence-corrected chi connectivity index (χ0v) is 18.0. The Balaban J connectivity index is 1.87. The van der Waals surface area contributed by atoms with Crippen molar-refractivity contribution in [3.05, 3.63) is 30.1 Å². The number of methoxy groups -OCH3 is 1. The minimum absolute atomic E-state index is 0.244. The summed E-state index contributed by atoms with van der Waals surface area (Å²) in [5.41, 5.74) is 2.88. The predicted molar refractivity (Wildman–Crippen MR) is 112 cm³/mol. The molecule has 3 aromatic rings. The summed E-state index contributed by atoms with van der Waals surface area (Å²) in [6.07, 6.45) is 1.20. The highest BCUT2D eigenvalue weighted by Crippen LogP contribution is 2.30. The Kier molecular flexibility index (Phi) is 6.72. The van der Waals surface area contributed by atoms with E-state index < -0.39 is 15.5 Å². The number of rotatable bonds is 9. The Morgan fingerprint density at radius 2 is 1.90 bits per heavy atom. The first-order chi connectivity index (χ1) is 14.6. The highest BCUT2D eigenvalue weighted by Gasteiger charge is 2.48. The van der Waals surface area contributed by atoms with Crippen LogP contribution in [-0.4, -0.2) is 60.1 Å². The van der Waals surface area contributed by atoms with E-state index in [1.807, 2.05) is 28.8 Å². The lowest BCUT2D eigenvalue weighted by molar-refractivity contribution is -0.0482. The number of fused-ring (bicyclic) bond motifs is 3. The van der Waals surface area contributed by atoms with Crippen LogP contribution >= 0.6 is 0 Å². The molecule has 0 amide bonds. The second-order valence-corrected chi connectivity index (χ2v) is 9.15. The van der Waals surface area contributed by atoms with Crippen LogP contribution in [0.3, 0.4) is 0 Å². The van der Waals surface area contributed by atoms with E-state index in [-0.39, 0.29) is 13.0 Å². The Morgan fingerprint density at radius 1 is 1.19 bits per heavy atom. The van der Waals surface area contributed by atoms with Gasteiger partial charge in [0.05, 0.1) is 17.6 Å². The molecular formula is C19H24F3N5O3S. The highest BCUT2D eigenvalue weighted by atomic mass is 32.2. The molecule has 0 atom stereocenters. The second kappa shape index (κ2) is 8.97. The maximum Gasteiger partial charge on any atom is 0.511 e. The minimum Gasteiger partial charge on any atom is -0.384 e. The van der Waals surface area contributed by atoms with Gasteiger partial charge in [-0.25, -0.2) is 18.4 Å². The lowest BCUT2D eigenvalue weighted by Crippen LogP contribution is -2.38. The van der Waals surface area contributed by atoms with Gasteiger partial charge in [-0.3, -0.25) is 0 Å².